The van der Waals surface area contributed by atoms with Crippen LogP contribution in [0, 0.1) is 5.82 Å². The van der Waals surface area contributed by atoms with Crippen molar-refractivity contribution < 1.29 is 8.81 Å². The lowest BCUT2D eigenvalue weighted by atomic mass is 10.2. The van der Waals surface area contributed by atoms with Gasteiger partial charge >= 0.3 is 0 Å². The predicted octanol–water partition coefficient (Wildman–Crippen LogP) is 2.53. The van der Waals surface area contributed by atoms with Crippen LogP contribution in [0.2, 0.25) is 5.02 Å². The summed E-state index contributed by atoms with van der Waals surface area (Å²) in [5, 5.41) is 7.40. The molecule has 0 aliphatic heterocycles. The van der Waals surface area contributed by atoms with Crippen LogP contribution in [-0.4, -0.2) is 10.2 Å². The van der Waals surface area contributed by atoms with Crippen molar-refractivity contribution in [1.29, 1.82) is 0 Å². The van der Waals surface area contributed by atoms with Gasteiger partial charge in [0.25, 0.3) is 0 Å². The second kappa shape index (κ2) is 3.14. The highest BCUT2D eigenvalue weighted by Gasteiger charge is 2.08. The Balaban J connectivity index is 2.53. The summed E-state index contributed by atoms with van der Waals surface area (Å²) in [4.78, 5) is 0. The third-order valence-corrected chi connectivity index (χ3v) is 1.83. The van der Waals surface area contributed by atoms with Crippen LogP contribution in [0.1, 0.15) is 0 Å². The zero-order valence-corrected chi connectivity index (χ0v) is 7.12. The van der Waals surface area contributed by atoms with Gasteiger partial charge in [0.1, 0.15) is 5.82 Å². The van der Waals surface area contributed by atoms with E-state index >= 15 is 0 Å². The molecule has 0 saturated heterocycles. The topological polar surface area (TPSA) is 38.9 Å². The lowest BCUT2D eigenvalue weighted by molar-refractivity contribution is 0.568. The molecule has 2 aromatic rings. The lowest BCUT2D eigenvalue weighted by Gasteiger charge is -1.97. The molecule has 2 rings (SSSR count). The van der Waals surface area contributed by atoms with Crippen LogP contribution in [0.25, 0.3) is 11.5 Å². The monoisotopic (exact) mass is 198 g/mol. The maximum atomic E-state index is 12.6. The number of hydrogen-bond acceptors (Lipinski definition) is 3. The Kier molecular flexibility index (Phi) is 1.98. The van der Waals surface area contributed by atoms with Gasteiger partial charge in [-0.3, -0.25) is 0 Å². The number of nitrogens with zero attached hydrogens (tertiary/aromatic N) is 2. The highest BCUT2D eigenvalue weighted by molar-refractivity contribution is 6.33. The van der Waals surface area contributed by atoms with Crippen molar-refractivity contribution in [2.75, 3.05) is 0 Å². The molecule has 5 heteroatoms. The summed E-state index contributed by atoms with van der Waals surface area (Å²) in [6, 6.07) is 3.97. The van der Waals surface area contributed by atoms with Crippen LogP contribution >= 0.6 is 11.6 Å². The molecule has 0 aliphatic carbocycles. The van der Waals surface area contributed by atoms with Crippen molar-refractivity contribution in [3.8, 4) is 11.5 Å². The minimum atomic E-state index is -0.395. The van der Waals surface area contributed by atoms with Gasteiger partial charge in [-0.25, -0.2) is 4.39 Å². The molecule has 1 aromatic heterocycles. The van der Waals surface area contributed by atoms with Crippen molar-refractivity contribution in [2.45, 2.75) is 0 Å². The fourth-order valence-corrected chi connectivity index (χ4v) is 1.20. The second-order valence-corrected chi connectivity index (χ2v) is 2.78. The average Bonchev–Trinajstić information content (AvgIpc) is 2.56. The summed E-state index contributed by atoms with van der Waals surface area (Å²) < 4.78 is 17.5. The quantitative estimate of drug-likeness (QED) is 0.707. The van der Waals surface area contributed by atoms with Gasteiger partial charge in [0.05, 0.1) is 10.6 Å². The van der Waals surface area contributed by atoms with E-state index in [0.29, 0.717) is 5.56 Å². The standard InChI is InChI=1S/C8H4ClFN2O/c9-7-3-5(10)1-2-6(7)8-12-11-4-13-8/h1-4H. The summed E-state index contributed by atoms with van der Waals surface area (Å²) in [7, 11) is 0. The van der Waals surface area contributed by atoms with E-state index in [-0.39, 0.29) is 10.9 Å². The molecule has 0 N–H and O–H groups in total. The van der Waals surface area contributed by atoms with Crippen LogP contribution in [0.5, 0.6) is 0 Å². The number of hydrogen-bond donors (Lipinski definition) is 0. The number of rotatable bonds is 1. The van der Waals surface area contributed by atoms with Gasteiger partial charge < -0.3 is 4.42 Å². The van der Waals surface area contributed by atoms with Gasteiger partial charge in [0.15, 0.2) is 0 Å². The normalized spacial score (nSPS) is 10.3. The summed E-state index contributed by atoms with van der Waals surface area (Å²) in [5.74, 6) is -0.113. The molecule has 0 radical (unpaired) electrons. The first kappa shape index (κ1) is 8.19. The molecule has 0 bridgehead atoms. The molecule has 1 aromatic carbocycles. The Hall–Kier alpha value is -1.42. The fourth-order valence-electron chi connectivity index (χ4n) is 0.953. The van der Waals surface area contributed by atoms with E-state index in [2.05, 4.69) is 10.2 Å². The van der Waals surface area contributed by atoms with Gasteiger partial charge in [0.2, 0.25) is 12.3 Å². The summed E-state index contributed by atoms with van der Waals surface area (Å²) >= 11 is 5.75. The summed E-state index contributed by atoms with van der Waals surface area (Å²) in [5.41, 5.74) is 0.528. The molecule has 3 nitrogen and oxygen atoms in total. The first-order valence-corrected chi connectivity index (χ1v) is 3.87. The Morgan fingerprint density at radius 1 is 1.38 bits per heavy atom. The predicted molar refractivity (Wildman–Crippen MR) is 44.7 cm³/mol. The van der Waals surface area contributed by atoms with Crippen molar-refractivity contribution in [1.82, 2.24) is 10.2 Å². The lowest BCUT2D eigenvalue weighted by Crippen LogP contribution is -1.81. The Morgan fingerprint density at radius 3 is 2.85 bits per heavy atom. The Morgan fingerprint density at radius 2 is 2.23 bits per heavy atom. The first-order valence-electron chi connectivity index (χ1n) is 3.49. The molecular weight excluding hydrogens is 195 g/mol. The number of aromatic nitrogens is 2. The van der Waals surface area contributed by atoms with E-state index in [1.165, 1.54) is 24.6 Å². The van der Waals surface area contributed by atoms with E-state index < -0.39 is 5.82 Å². The van der Waals surface area contributed by atoms with E-state index in [0.717, 1.165) is 0 Å². The molecule has 1 heterocycles. The minimum absolute atomic E-state index is 0.254. The van der Waals surface area contributed by atoms with Gasteiger partial charge in [-0.05, 0) is 18.2 Å². The van der Waals surface area contributed by atoms with Gasteiger partial charge in [0, 0.05) is 0 Å². The largest absolute Gasteiger partial charge is 0.423 e. The van der Waals surface area contributed by atoms with Crippen LogP contribution in [0.15, 0.2) is 29.0 Å². The van der Waals surface area contributed by atoms with Crippen molar-refractivity contribution in [2.24, 2.45) is 0 Å². The first-order chi connectivity index (χ1) is 6.27. The van der Waals surface area contributed by atoms with Crippen molar-refractivity contribution in [3.05, 3.63) is 35.4 Å². The third kappa shape index (κ3) is 1.53. The third-order valence-electron chi connectivity index (χ3n) is 1.52. The molecule has 0 amide bonds. The summed E-state index contributed by atoms with van der Waals surface area (Å²) in [6.45, 7) is 0. The molecule has 66 valence electrons. The molecule has 0 spiro atoms. The maximum absolute atomic E-state index is 12.6. The zero-order valence-electron chi connectivity index (χ0n) is 6.37. The molecule has 0 saturated carbocycles. The second-order valence-electron chi connectivity index (χ2n) is 2.37. The van der Waals surface area contributed by atoms with Crippen LogP contribution < -0.4 is 0 Å². The van der Waals surface area contributed by atoms with Crippen molar-refractivity contribution in [3.63, 3.8) is 0 Å². The highest BCUT2D eigenvalue weighted by atomic mass is 35.5. The zero-order chi connectivity index (χ0) is 9.26. The van der Waals surface area contributed by atoms with Crippen LogP contribution in [-0.2, 0) is 0 Å². The Bertz CT molecular complexity index is 416. The van der Waals surface area contributed by atoms with Crippen molar-refractivity contribution >= 4 is 11.6 Å². The fraction of sp³-hybridized carbons (Fsp3) is 0. The Labute approximate surface area is 78.2 Å². The molecule has 0 unspecified atom stereocenters. The van der Waals surface area contributed by atoms with E-state index in [9.17, 15) is 4.39 Å². The maximum Gasteiger partial charge on any atom is 0.248 e. The van der Waals surface area contributed by atoms with E-state index in [1.807, 2.05) is 0 Å². The smallest absolute Gasteiger partial charge is 0.248 e. The average molecular weight is 199 g/mol. The number of halogens is 2. The van der Waals surface area contributed by atoms with Crippen LogP contribution in [0.4, 0.5) is 4.39 Å². The number of benzene rings is 1. The van der Waals surface area contributed by atoms with E-state index in [4.69, 9.17) is 16.0 Å². The molecule has 13 heavy (non-hydrogen) atoms. The molecular formula is C8H4ClFN2O. The molecule has 0 aliphatic rings. The SMILES string of the molecule is Fc1ccc(-c2nnco2)c(Cl)c1. The molecule has 0 fully saturated rings. The van der Waals surface area contributed by atoms with Gasteiger partial charge in [-0.1, -0.05) is 11.6 Å². The van der Waals surface area contributed by atoms with Gasteiger partial charge in [-0.2, -0.15) is 0 Å². The summed E-state index contributed by atoms with van der Waals surface area (Å²) in [6.07, 6.45) is 1.19. The minimum Gasteiger partial charge on any atom is -0.423 e. The highest BCUT2D eigenvalue weighted by Crippen LogP contribution is 2.26. The molecule has 0 atom stereocenters. The van der Waals surface area contributed by atoms with E-state index in [1.54, 1.807) is 0 Å². The van der Waals surface area contributed by atoms with Crippen LogP contribution in [0.3, 0.4) is 0 Å². The van der Waals surface area contributed by atoms with Gasteiger partial charge in [-0.15, -0.1) is 10.2 Å².